The molecule has 100 valence electrons. The molecule has 0 bridgehead atoms. The molecule has 1 aromatic heterocycles. The zero-order chi connectivity index (χ0) is 13.3. The number of aryl methyl sites for hydroxylation is 2. The van der Waals surface area contributed by atoms with Crippen molar-refractivity contribution in [2.24, 2.45) is 13.0 Å². The van der Waals surface area contributed by atoms with E-state index in [2.05, 4.69) is 10.4 Å². The molecular formula is C13H21N3O2. The van der Waals surface area contributed by atoms with Crippen LogP contribution in [-0.2, 0) is 16.6 Å². The molecular weight excluding hydrogens is 230 g/mol. The van der Waals surface area contributed by atoms with Crippen LogP contribution >= 0.6 is 0 Å². The van der Waals surface area contributed by atoms with Gasteiger partial charge in [-0.25, -0.2) is 0 Å². The summed E-state index contributed by atoms with van der Waals surface area (Å²) in [7, 11) is 1.84. The Labute approximate surface area is 108 Å². The number of nitrogens with zero attached hydrogens (tertiary/aromatic N) is 2. The van der Waals surface area contributed by atoms with E-state index in [4.69, 9.17) is 4.74 Å². The molecule has 2 rings (SSSR count). The van der Waals surface area contributed by atoms with Gasteiger partial charge in [0.05, 0.1) is 17.7 Å². The topological polar surface area (TPSA) is 56.2 Å². The fourth-order valence-electron chi connectivity index (χ4n) is 2.42. The Balaban J connectivity index is 2.11. The van der Waals surface area contributed by atoms with E-state index in [9.17, 15) is 4.79 Å². The van der Waals surface area contributed by atoms with E-state index in [0.717, 1.165) is 36.5 Å². The summed E-state index contributed by atoms with van der Waals surface area (Å²) in [5.41, 5.74) is 1.97. The molecule has 1 aliphatic rings. The molecule has 5 heteroatoms. The van der Waals surface area contributed by atoms with Gasteiger partial charge >= 0.3 is 0 Å². The smallest absolute Gasteiger partial charge is 0.231 e. The number of ether oxygens (including phenoxy) is 1. The predicted octanol–water partition coefficient (Wildman–Crippen LogP) is 1.79. The number of nitrogens with one attached hydrogen (secondary N) is 1. The monoisotopic (exact) mass is 251 g/mol. The molecule has 0 spiro atoms. The summed E-state index contributed by atoms with van der Waals surface area (Å²) >= 11 is 0. The summed E-state index contributed by atoms with van der Waals surface area (Å²) in [5, 5.41) is 7.28. The first kappa shape index (κ1) is 13.1. The van der Waals surface area contributed by atoms with Crippen LogP contribution in [-0.4, -0.2) is 28.4 Å². The Kier molecular flexibility index (Phi) is 3.71. The van der Waals surface area contributed by atoms with Gasteiger partial charge in [0.25, 0.3) is 0 Å². The zero-order valence-electron chi connectivity index (χ0n) is 11.5. The average molecular weight is 251 g/mol. The van der Waals surface area contributed by atoms with Crippen molar-refractivity contribution >= 4 is 11.7 Å². The first-order valence-electron chi connectivity index (χ1n) is 6.43. The number of hydrogen-bond donors (Lipinski definition) is 1. The van der Waals surface area contributed by atoms with Crippen LogP contribution in [0, 0.1) is 19.8 Å². The average Bonchev–Trinajstić information content (AvgIpc) is 2.56. The lowest BCUT2D eigenvalue weighted by atomic mass is 9.94. The lowest BCUT2D eigenvalue weighted by molar-refractivity contribution is -0.127. The van der Waals surface area contributed by atoms with E-state index in [1.165, 1.54) is 0 Å². The summed E-state index contributed by atoms with van der Waals surface area (Å²) in [6, 6.07) is 0. The largest absolute Gasteiger partial charge is 0.378 e. The second-order valence-electron chi connectivity index (χ2n) is 5.00. The molecule has 1 saturated heterocycles. The van der Waals surface area contributed by atoms with Crippen molar-refractivity contribution in [3.05, 3.63) is 11.3 Å². The molecule has 0 radical (unpaired) electrons. The molecule has 1 N–H and O–H groups in total. The molecule has 1 aromatic rings. The molecule has 1 aliphatic heterocycles. The summed E-state index contributed by atoms with van der Waals surface area (Å²) in [6.45, 7) is 6.63. The third-order valence-electron chi connectivity index (χ3n) is 3.71. The number of hydrogen-bond acceptors (Lipinski definition) is 3. The van der Waals surface area contributed by atoms with Crippen molar-refractivity contribution in [1.29, 1.82) is 0 Å². The number of carbonyl (C=O) groups is 1. The van der Waals surface area contributed by atoms with Gasteiger partial charge < -0.3 is 10.1 Å². The van der Waals surface area contributed by atoms with E-state index >= 15 is 0 Å². The van der Waals surface area contributed by atoms with Crippen LogP contribution in [0.4, 0.5) is 5.82 Å². The fourth-order valence-corrected chi connectivity index (χ4v) is 2.42. The predicted molar refractivity (Wildman–Crippen MR) is 69.4 cm³/mol. The summed E-state index contributed by atoms with van der Waals surface area (Å²) in [6.07, 6.45) is 1.84. The fraction of sp³-hybridized carbons (Fsp3) is 0.692. The third kappa shape index (κ3) is 2.41. The van der Waals surface area contributed by atoms with Gasteiger partial charge in [0.15, 0.2) is 0 Å². The summed E-state index contributed by atoms with van der Waals surface area (Å²) in [4.78, 5) is 12.3. The highest BCUT2D eigenvalue weighted by Gasteiger charge is 2.29. The van der Waals surface area contributed by atoms with Crippen LogP contribution in [0.25, 0.3) is 0 Å². The quantitative estimate of drug-likeness (QED) is 0.872. The van der Waals surface area contributed by atoms with Crippen LogP contribution in [0.2, 0.25) is 0 Å². The van der Waals surface area contributed by atoms with Gasteiger partial charge in [-0.15, -0.1) is 0 Å². The molecule has 2 atom stereocenters. The van der Waals surface area contributed by atoms with E-state index in [0.29, 0.717) is 0 Å². The van der Waals surface area contributed by atoms with Crippen LogP contribution in [0.15, 0.2) is 0 Å². The van der Waals surface area contributed by atoms with E-state index in [1.54, 1.807) is 4.68 Å². The molecule has 0 saturated carbocycles. The van der Waals surface area contributed by atoms with Gasteiger partial charge in [-0.3, -0.25) is 9.48 Å². The first-order chi connectivity index (χ1) is 8.50. The molecule has 18 heavy (non-hydrogen) atoms. The van der Waals surface area contributed by atoms with Crippen LogP contribution in [0.3, 0.4) is 0 Å². The zero-order valence-corrected chi connectivity index (χ0v) is 11.5. The first-order valence-corrected chi connectivity index (χ1v) is 6.43. The molecule has 2 heterocycles. The Morgan fingerprint density at radius 3 is 2.78 bits per heavy atom. The Morgan fingerprint density at radius 2 is 2.22 bits per heavy atom. The third-order valence-corrected chi connectivity index (χ3v) is 3.71. The van der Waals surface area contributed by atoms with Gasteiger partial charge in [0.1, 0.15) is 5.82 Å². The lowest BCUT2D eigenvalue weighted by Gasteiger charge is -2.28. The molecule has 0 aliphatic carbocycles. The maximum absolute atomic E-state index is 12.3. The number of carbonyl (C=O) groups excluding carboxylic acids is 1. The maximum Gasteiger partial charge on any atom is 0.231 e. The Hall–Kier alpha value is -1.36. The minimum atomic E-state index is -0.0617. The number of amides is 1. The van der Waals surface area contributed by atoms with E-state index in [1.807, 2.05) is 27.8 Å². The van der Waals surface area contributed by atoms with Crippen molar-refractivity contribution in [3.63, 3.8) is 0 Å². The van der Waals surface area contributed by atoms with Crippen LogP contribution in [0.5, 0.6) is 0 Å². The molecule has 1 fully saturated rings. The van der Waals surface area contributed by atoms with Gasteiger partial charge in [-0.05, 0) is 33.6 Å². The number of rotatable bonds is 2. The van der Waals surface area contributed by atoms with E-state index in [-0.39, 0.29) is 17.9 Å². The highest BCUT2D eigenvalue weighted by Crippen LogP contribution is 2.24. The standard InChI is InChI=1S/C13H21N3O2/c1-8-9(2)15-16(4)12(8)14-13(17)11-6-5-7-18-10(11)3/h10-11H,5-7H2,1-4H3,(H,14,17). The maximum atomic E-state index is 12.3. The Morgan fingerprint density at radius 1 is 1.50 bits per heavy atom. The molecule has 2 unspecified atom stereocenters. The highest BCUT2D eigenvalue weighted by atomic mass is 16.5. The van der Waals surface area contributed by atoms with Crippen LogP contribution in [0.1, 0.15) is 31.0 Å². The van der Waals surface area contributed by atoms with Gasteiger partial charge in [0.2, 0.25) is 5.91 Å². The van der Waals surface area contributed by atoms with E-state index < -0.39 is 0 Å². The second-order valence-corrected chi connectivity index (χ2v) is 5.00. The summed E-state index contributed by atoms with van der Waals surface area (Å²) < 4.78 is 7.25. The molecule has 1 amide bonds. The van der Waals surface area contributed by atoms with Crippen molar-refractivity contribution in [3.8, 4) is 0 Å². The Bertz CT molecular complexity index is 453. The van der Waals surface area contributed by atoms with Gasteiger partial charge in [-0.2, -0.15) is 5.10 Å². The lowest BCUT2D eigenvalue weighted by Crippen LogP contribution is -2.36. The molecule has 5 nitrogen and oxygen atoms in total. The van der Waals surface area contributed by atoms with Gasteiger partial charge in [0, 0.05) is 19.2 Å². The number of aromatic nitrogens is 2. The van der Waals surface area contributed by atoms with Crippen molar-refractivity contribution in [2.75, 3.05) is 11.9 Å². The normalized spacial score (nSPS) is 24.0. The van der Waals surface area contributed by atoms with Crippen molar-refractivity contribution in [2.45, 2.75) is 39.7 Å². The van der Waals surface area contributed by atoms with Crippen molar-refractivity contribution in [1.82, 2.24) is 9.78 Å². The molecule has 0 aromatic carbocycles. The second kappa shape index (κ2) is 5.10. The van der Waals surface area contributed by atoms with Crippen molar-refractivity contribution < 1.29 is 9.53 Å². The van der Waals surface area contributed by atoms with Crippen LogP contribution < -0.4 is 5.32 Å². The summed E-state index contributed by atoms with van der Waals surface area (Å²) in [5.74, 6) is 0.761. The van der Waals surface area contributed by atoms with Gasteiger partial charge in [-0.1, -0.05) is 0 Å². The SMILES string of the molecule is Cc1nn(C)c(NC(=O)C2CCCOC2C)c1C. The highest BCUT2D eigenvalue weighted by molar-refractivity contribution is 5.92. The minimum Gasteiger partial charge on any atom is -0.378 e. The number of anilines is 1. The minimum absolute atomic E-state index is 0.00613.